The molecule has 0 aromatic heterocycles. The zero-order chi connectivity index (χ0) is 13.9. The lowest BCUT2D eigenvalue weighted by Gasteiger charge is -2.25. The van der Waals surface area contributed by atoms with E-state index in [-0.39, 0.29) is 17.2 Å². The van der Waals surface area contributed by atoms with Gasteiger partial charge in [-0.1, -0.05) is 43.4 Å². The fourth-order valence-corrected chi connectivity index (χ4v) is 2.83. The first-order valence-corrected chi connectivity index (χ1v) is 7.09. The second-order valence-corrected chi connectivity index (χ2v) is 5.69. The van der Waals surface area contributed by atoms with Crippen LogP contribution in [0.5, 0.6) is 0 Å². The highest BCUT2D eigenvalue weighted by Gasteiger charge is 2.35. The van der Waals surface area contributed by atoms with Gasteiger partial charge in [0, 0.05) is 11.4 Å². The van der Waals surface area contributed by atoms with Crippen LogP contribution in [0.4, 0.5) is 4.39 Å². The Morgan fingerprint density at radius 1 is 1.26 bits per heavy atom. The van der Waals surface area contributed by atoms with E-state index in [0.29, 0.717) is 18.4 Å². The molecule has 2 rings (SSSR count). The van der Waals surface area contributed by atoms with E-state index in [2.05, 4.69) is 0 Å². The molecule has 0 saturated heterocycles. The van der Waals surface area contributed by atoms with Crippen molar-refractivity contribution in [2.45, 2.75) is 50.5 Å². The van der Waals surface area contributed by atoms with Gasteiger partial charge in [-0.15, -0.1) is 0 Å². The maximum absolute atomic E-state index is 12.9. The van der Waals surface area contributed by atoms with Crippen molar-refractivity contribution in [2.75, 3.05) is 0 Å². The molecule has 1 N–H and O–H groups in total. The van der Waals surface area contributed by atoms with E-state index in [1.807, 2.05) is 0 Å². The summed E-state index contributed by atoms with van der Waals surface area (Å²) in [5, 5.41) is 10.7. The van der Waals surface area contributed by atoms with Gasteiger partial charge >= 0.3 is 0 Å². The third kappa shape index (κ3) is 3.54. The van der Waals surface area contributed by atoms with Gasteiger partial charge in [-0.25, -0.2) is 4.39 Å². The summed E-state index contributed by atoms with van der Waals surface area (Å²) in [4.78, 5) is 12.3. The lowest BCUT2D eigenvalue weighted by Crippen LogP contribution is -2.39. The SMILES string of the molecule is O=C(Cc1ccc(F)cc1Cl)C1(O)CCCCCC1. The van der Waals surface area contributed by atoms with Crippen molar-refractivity contribution < 1.29 is 14.3 Å². The Hall–Kier alpha value is -0.930. The topological polar surface area (TPSA) is 37.3 Å². The number of benzene rings is 1. The van der Waals surface area contributed by atoms with Crippen LogP contribution >= 0.6 is 11.6 Å². The summed E-state index contributed by atoms with van der Waals surface area (Å²) in [6, 6.07) is 3.99. The van der Waals surface area contributed by atoms with Gasteiger partial charge in [-0.2, -0.15) is 0 Å². The van der Waals surface area contributed by atoms with E-state index in [1.165, 1.54) is 18.2 Å². The van der Waals surface area contributed by atoms with E-state index in [9.17, 15) is 14.3 Å². The number of hydrogen-bond donors (Lipinski definition) is 1. The molecule has 0 aliphatic heterocycles. The largest absolute Gasteiger partial charge is 0.382 e. The van der Waals surface area contributed by atoms with E-state index in [0.717, 1.165) is 25.7 Å². The number of hydrogen-bond acceptors (Lipinski definition) is 2. The number of halogens is 2. The Balaban J connectivity index is 2.11. The maximum Gasteiger partial charge on any atom is 0.168 e. The zero-order valence-corrected chi connectivity index (χ0v) is 11.5. The molecular formula is C15H18ClFO2. The van der Waals surface area contributed by atoms with Crippen molar-refractivity contribution in [3.8, 4) is 0 Å². The van der Waals surface area contributed by atoms with Gasteiger partial charge < -0.3 is 5.11 Å². The van der Waals surface area contributed by atoms with Crippen LogP contribution in [0.2, 0.25) is 5.02 Å². The number of Topliss-reactive ketones (excluding diaryl/α,β-unsaturated/α-hetero) is 1. The number of carbonyl (C=O) groups is 1. The second-order valence-electron chi connectivity index (χ2n) is 5.28. The molecular weight excluding hydrogens is 267 g/mol. The van der Waals surface area contributed by atoms with Gasteiger partial charge in [0.15, 0.2) is 5.78 Å². The molecule has 104 valence electrons. The summed E-state index contributed by atoms with van der Waals surface area (Å²) in [6.07, 6.45) is 4.98. The molecule has 1 aromatic rings. The quantitative estimate of drug-likeness (QED) is 0.860. The van der Waals surface area contributed by atoms with Crippen LogP contribution in [-0.4, -0.2) is 16.5 Å². The molecule has 1 aliphatic rings. The first-order valence-electron chi connectivity index (χ1n) is 6.71. The van der Waals surface area contributed by atoms with Crippen molar-refractivity contribution in [1.29, 1.82) is 0 Å². The molecule has 0 spiro atoms. The smallest absolute Gasteiger partial charge is 0.168 e. The molecule has 4 heteroatoms. The van der Waals surface area contributed by atoms with Gasteiger partial charge in [0.25, 0.3) is 0 Å². The predicted molar refractivity (Wildman–Crippen MR) is 72.8 cm³/mol. The minimum absolute atomic E-state index is 0.0651. The van der Waals surface area contributed by atoms with Crippen LogP contribution in [0.3, 0.4) is 0 Å². The van der Waals surface area contributed by atoms with E-state index in [1.54, 1.807) is 0 Å². The molecule has 19 heavy (non-hydrogen) atoms. The third-order valence-corrected chi connectivity index (χ3v) is 4.17. The first-order chi connectivity index (χ1) is 9.01. The Morgan fingerprint density at radius 3 is 2.47 bits per heavy atom. The van der Waals surface area contributed by atoms with Crippen molar-refractivity contribution >= 4 is 17.4 Å². The molecule has 0 unspecified atom stereocenters. The van der Waals surface area contributed by atoms with E-state index < -0.39 is 11.4 Å². The molecule has 2 nitrogen and oxygen atoms in total. The molecule has 0 amide bonds. The average Bonchev–Trinajstić information content (AvgIpc) is 2.58. The number of rotatable bonds is 3. The fraction of sp³-hybridized carbons (Fsp3) is 0.533. The Kier molecular flexibility index (Phi) is 4.58. The Bertz CT molecular complexity index is 465. The van der Waals surface area contributed by atoms with Crippen LogP contribution < -0.4 is 0 Å². The van der Waals surface area contributed by atoms with Crippen LogP contribution in [0.15, 0.2) is 18.2 Å². The average molecular weight is 285 g/mol. The van der Waals surface area contributed by atoms with Crippen molar-refractivity contribution in [2.24, 2.45) is 0 Å². The van der Waals surface area contributed by atoms with Gasteiger partial charge in [0.2, 0.25) is 0 Å². The molecule has 0 bridgehead atoms. The van der Waals surface area contributed by atoms with Gasteiger partial charge in [-0.3, -0.25) is 4.79 Å². The molecule has 1 aromatic carbocycles. The maximum atomic E-state index is 12.9. The Labute approximate surface area is 117 Å². The minimum Gasteiger partial charge on any atom is -0.382 e. The van der Waals surface area contributed by atoms with Crippen molar-refractivity contribution in [3.63, 3.8) is 0 Å². The molecule has 0 atom stereocenters. The number of ketones is 1. The fourth-order valence-electron chi connectivity index (χ4n) is 2.59. The van der Waals surface area contributed by atoms with E-state index in [4.69, 9.17) is 11.6 Å². The number of aliphatic hydroxyl groups is 1. The van der Waals surface area contributed by atoms with E-state index >= 15 is 0 Å². The van der Waals surface area contributed by atoms with Gasteiger partial charge in [-0.05, 0) is 30.5 Å². The normalized spacial score (nSPS) is 18.9. The number of carbonyl (C=O) groups excluding carboxylic acids is 1. The summed E-state index contributed by atoms with van der Waals surface area (Å²) in [6.45, 7) is 0. The first kappa shape index (κ1) is 14.5. The molecule has 1 aliphatic carbocycles. The highest BCUT2D eigenvalue weighted by molar-refractivity contribution is 6.31. The van der Waals surface area contributed by atoms with Crippen LogP contribution in [-0.2, 0) is 11.2 Å². The molecule has 1 saturated carbocycles. The standard InChI is InChI=1S/C15H18ClFO2/c16-13-10-12(17)6-5-11(13)9-14(18)15(19)7-3-1-2-4-8-15/h5-6,10,19H,1-4,7-9H2. The molecule has 1 fully saturated rings. The lowest BCUT2D eigenvalue weighted by molar-refractivity contribution is -0.138. The summed E-state index contributed by atoms with van der Waals surface area (Å²) < 4.78 is 12.9. The van der Waals surface area contributed by atoms with Crippen LogP contribution in [0, 0.1) is 5.82 Å². The highest BCUT2D eigenvalue weighted by Crippen LogP contribution is 2.30. The minimum atomic E-state index is -1.23. The highest BCUT2D eigenvalue weighted by atomic mass is 35.5. The second kappa shape index (κ2) is 6.02. The van der Waals surface area contributed by atoms with Crippen molar-refractivity contribution in [3.05, 3.63) is 34.6 Å². The molecule has 0 heterocycles. The van der Waals surface area contributed by atoms with Crippen molar-refractivity contribution in [1.82, 2.24) is 0 Å². The third-order valence-electron chi connectivity index (χ3n) is 3.82. The lowest BCUT2D eigenvalue weighted by atomic mass is 9.86. The molecule has 0 radical (unpaired) electrons. The summed E-state index contributed by atoms with van der Waals surface area (Å²) in [5.41, 5.74) is -0.653. The van der Waals surface area contributed by atoms with Gasteiger partial charge in [0.05, 0.1) is 0 Å². The zero-order valence-electron chi connectivity index (χ0n) is 10.8. The van der Waals surface area contributed by atoms with Crippen LogP contribution in [0.1, 0.15) is 44.1 Å². The van der Waals surface area contributed by atoms with Gasteiger partial charge in [0.1, 0.15) is 11.4 Å². The summed E-state index contributed by atoms with van der Waals surface area (Å²) >= 11 is 5.92. The Morgan fingerprint density at radius 2 is 1.89 bits per heavy atom. The summed E-state index contributed by atoms with van der Waals surface area (Å²) in [7, 11) is 0. The predicted octanol–water partition coefficient (Wildman–Crippen LogP) is 3.68. The monoisotopic (exact) mass is 284 g/mol. The van der Waals surface area contributed by atoms with Crippen LogP contribution in [0.25, 0.3) is 0 Å². The summed E-state index contributed by atoms with van der Waals surface area (Å²) in [5.74, 6) is -0.628.